The average Bonchev–Trinajstić information content (AvgIpc) is 3.15. The summed E-state index contributed by atoms with van der Waals surface area (Å²) in [7, 11) is 0. The van der Waals surface area contributed by atoms with Gasteiger partial charge in [0, 0.05) is 18.1 Å². The van der Waals surface area contributed by atoms with E-state index in [0.29, 0.717) is 6.04 Å². The molecule has 0 bridgehead atoms. The van der Waals surface area contributed by atoms with Crippen molar-refractivity contribution >= 4 is 5.91 Å². The van der Waals surface area contributed by atoms with Crippen molar-refractivity contribution in [1.82, 2.24) is 15.5 Å². The summed E-state index contributed by atoms with van der Waals surface area (Å²) in [4.78, 5) is 15.0. The lowest BCUT2D eigenvalue weighted by atomic mass is 9.85. The van der Waals surface area contributed by atoms with Crippen LogP contribution >= 0.6 is 0 Å². The van der Waals surface area contributed by atoms with Gasteiger partial charge in [0.15, 0.2) is 0 Å². The van der Waals surface area contributed by atoms with Gasteiger partial charge in [0.25, 0.3) is 0 Å². The van der Waals surface area contributed by atoms with Gasteiger partial charge in [0.2, 0.25) is 5.91 Å². The lowest BCUT2D eigenvalue weighted by Gasteiger charge is -2.37. The van der Waals surface area contributed by atoms with Crippen LogP contribution in [-0.4, -0.2) is 35.0 Å². The van der Waals surface area contributed by atoms with Crippen molar-refractivity contribution in [1.29, 1.82) is 0 Å². The van der Waals surface area contributed by atoms with Crippen LogP contribution in [0.1, 0.15) is 95.4 Å². The number of hydrogen-bond donors (Lipinski definition) is 3. The number of terminal acetylenes is 1. The van der Waals surface area contributed by atoms with Crippen molar-refractivity contribution in [3.05, 3.63) is 25.2 Å². The molecule has 0 spiro atoms. The molecule has 1 aliphatic heterocycles. The summed E-state index contributed by atoms with van der Waals surface area (Å²) in [6, 6.07) is 0.0770. The summed E-state index contributed by atoms with van der Waals surface area (Å²) < 4.78 is 0. The van der Waals surface area contributed by atoms with Crippen LogP contribution in [0.4, 0.5) is 0 Å². The maximum atomic E-state index is 13.0. The molecule has 2 atom stereocenters. The fraction of sp³-hybridized carbons (Fsp3) is 0.731. The second-order valence-electron chi connectivity index (χ2n) is 8.54. The van der Waals surface area contributed by atoms with Gasteiger partial charge in [-0.15, -0.1) is 12.8 Å². The van der Waals surface area contributed by atoms with Crippen LogP contribution in [0.3, 0.4) is 0 Å². The highest BCUT2D eigenvalue weighted by Gasteiger charge is 2.37. The van der Waals surface area contributed by atoms with Gasteiger partial charge in [0.1, 0.15) is 6.04 Å². The number of amides is 1. The molecule has 31 heavy (non-hydrogen) atoms. The van der Waals surface area contributed by atoms with Gasteiger partial charge in [-0.2, -0.15) is 0 Å². The Labute approximate surface area is 195 Å². The van der Waals surface area contributed by atoms with Crippen LogP contribution in [0.2, 0.25) is 0 Å². The quantitative estimate of drug-likeness (QED) is 0.469. The number of hydrogen-bond acceptors (Lipinski definition) is 4. The van der Waals surface area contributed by atoms with Crippen LogP contribution < -0.4 is 16.4 Å². The van der Waals surface area contributed by atoms with E-state index in [-0.39, 0.29) is 22.9 Å². The number of rotatable bonds is 6. The smallest absolute Gasteiger partial charge is 0.245 e. The molecule has 1 saturated heterocycles. The van der Waals surface area contributed by atoms with Crippen molar-refractivity contribution in [2.24, 2.45) is 11.1 Å². The molecule has 4 N–H and O–H groups in total. The zero-order valence-corrected chi connectivity index (χ0v) is 22.6. The van der Waals surface area contributed by atoms with Crippen molar-refractivity contribution < 1.29 is 4.79 Å². The van der Waals surface area contributed by atoms with Crippen LogP contribution in [0.15, 0.2) is 25.2 Å². The van der Waals surface area contributed by atoms with Crippen LogP contribution in [0.25, 0.3) is 0 Å². The first-order valence-electron chi connectivity index (χ1n) is 11.6. The van der Waals surface area contributed by atoms with E-state index >= 15 is 0 Å². The fourth-order valence-corrected chi connectivity index (χ4v) is 2.78. The first-order chi connectivity index (χ1) is 14.4. The Kier molecular flexibility index (Phi) is 23.2. The van der Waals surface area contributed by atoms with E-state index in [2.05, 4.69) is 90.8 Å². The summed E-state index contributed by atoms with van der Waals surface area (Å²) in [5.74, 6) is 0.918. The lowest BCUT2D eigenvalue weighted by molar-refractivity contribution is -0.136. The maximum absolute atomic E-state index is 13.0. The third-order valence-electron chi connectivity index (χ3n) is 4.64. The second kappa shape index (κ2) is 19.8. The van der Waals surface area contributed by atoms with Gasteiger partial charge >= 0.3 is 0 Å². The SMILES string of the molecule is C#C.C=C(N[C@H](C(=O)N1CCC[C@H]1C)C(C)(C)C)NC(C)(C)CC.C=CN.CC.CC. The molecule has 0 aromatic heterocycles. The van der Waals surface area contributed by atoms with E-state index < -0.39 is 0 Å². The highest BCUT2D eigenvalue weighted by molar-refractivity contribution is 5.83. The highest BCUT2D eigenvalue weighted by Crippen LogP contribution is 2.26. The number of carbonyl (C=O) groups excluding carboxylic acids is 1. The first-order valence-corrected chi connectivity index (χ1v) is 11.6. The van der Waals surface area contributed by atoms with Crippen molar-refractivity contribution in [3.8, 4) is 12.8 Å². The Bertz CT molecular complexity index is 489. The highest BCUT2D eigenvalue weighted by atomic mass is 16.2. The molecule has 1 rings (SSSR count). The predicted molar refractivity (Wildman–Crippen MR) is 140 cm³/mol. The molecule has 0 radical (unpaired) electrons. The Hall–Kier alpha value is -2.09. The zero-order chi connectivity index (χ0) is 25.8. The molecule has 5 nitrogen and oxygen atoms in total. The Morgan fingerprint density at radius 1 is 1.19 bits per heavy atom. The molecular weight excluding hydrogens is 384 g/mol. The van der Waals surface area contributed by atoms with Crippen LogP contribution in [0, 0.1) is 18.3 Å². The molecule has 0 aliphatic carbocycles. The van der Waals surface area contributed by atoms with Crippen molar-refractivity contribution in [2.75, 3.05) is 6.54 Å². The normalized spacial score (nSPS) is 15.5. The summed E-state index contributed by atoms with van der Waals surface area (Å²) in [5, 5.41) is 6.74. The standard InChI is InChI=1S/C18H35N3O.C2H5N.2C2H6.C2H2/c1-9-18(7,8)20-14(3)19-15(17(4,5)6)16(22)21-12-10-11-13(21)2;1-2-3;3*1-2/h13,15,19-20H,3,9-12H2,1-2,4-8H3;2H,1,3H2;2*1-2H3;1-2H/t13-,15-;;;;/m1..../s1. The third-order valence-corrected chi connectivity index (χ3v) is 4.64. The molecule has 1 aliphatic rings. The third kappa shape index (κ3) is 16.3. The van der Waals surface area contributed by atoms with Crippen molar-refractivity contribution in [2.45, 2.75) is 113 Å². The minimum Gasteiger partial charge on any atom is -0.405 e. The summed E-state index contributed by atoms with van der Waals surface area (Å²) in [5.41, 5.74) is 4.41. The topological polar surface area (TPSA) is 70.4 Å². The minimum atomic E-state index is -0.263. The van der Waals surface area contributed by atoms with E-state index in [0.717, 1.165) is 31.6 Å². The van der Waals surface area contributed by atoms with Crippen LogP contribution in [0.5, 0.6) is 0 Å². The van der Waals surface area contributed by atoms with Gasteiger partial charge in [-0.1, -0.05) is 68.5 Å². The summed E-state index contributed by atoms with van der Waals surface area (Å²) in [6.07, 6.45) is 12.4. The van der Waals surface area contributed by atoms with E-state index in [9.17, 15) is 4.79 Å². The molecule has 0 aromatic carbocycles. The zero-order valence-electron chi connectivity index (χ0n) is 22.6. The Morgan fingerprint density at radius 2 is 1.61 bits per heavy atom. The molecule has 1 heterocycles. The van der Waals surface area contributed by atoms with Gasteiger partial charge in [0.05, 0.1) is 5.82 Å². The predicted octanol–water partition coefficient (Wildman–Crippen LogP) is 5.64. The molecule has 5 heteroatoms. The maximum Gasteiger partial charge on any atom is 0.245 e. The number of nitrogens with two attached hydrogens (primary N) is 1. The van der Waals surface area contributed by atoms with Gasteiger partial charge in [-0.25, -0.2) is 0 Å². The van der Waals surface area contributed by atoms with E-state index in [1.807, 2.05) is 32.6 Å². The van der Waals surface area contributed by atoms with Gasteiger partial charge in [-0.05, 0) is 51.6 Å². The van der Waals surface area contributed by atoms with Gasteiger partial charge in [-0.3, -0.25) is 4.79 Å². The minimum absolute atomic E-state index is 0.0312. The molecule has 1 fully saturated rings. The largest absolute Gasteiger partial charge is 0.405 e. The Morgan fingerprint density at radius 3 is 1.90 bits per heavy atom. The number of nitrogens with one attached hydrogen (secondary N) is 2. The number of likely N-dealkylation sites (tertiary alicyclic amines) is 1. The van der Waals surface area contributed by atoms with Gasteiger partial charge < -0.3 is 21.3 Å². The molecule has 0 unspecified atom stereocenters. The lowest BCUT2D eigenvalue weighted by Crippen LogP contribution is -2.56. The first kappa shape index (κ1) is 36.3. The molecule has 1 amide bonds. The van der Waals surface area contributed by atoms with E-state index in [1.54, 1.807) is 0 Å². The summed E-state index contributed by atoms with van der Waals surface area (Å²) >= 11 is 0. The monoisotopic (exact) mass is 438 g/mol. The average molecular weight is 439 g/mol. The number of carbonyl (C=O) groups is 1. The summed E-state index contributed by atoms with van der Waals surface area (Å²) in [6.45, 7) is 30.9. The molecule has 0 saturated carbocycles. The van der Waals surface area contributed by atoms with Crippen LogP contribution in [-0.2, 0) is 4.79 Å². The fourth-order valence-electron chi connectivity index (χ4n) is 2.78. The molecular formula is C26H54N4O. The molecule has 184 valence electrons. The Balaban J connectivity index is -0.000000354. The number of nitrogens with zero attached hydrogens (tertiary/aromatic N) is 1. The second-order valence-corrected chi connectivity index (χ2v) is 8.54. The van der Waals surface area contributed by atoms with Crippen molar-refractivity contribution in [3.63, 3.8) is 0 Å². The van der Waals surface area contributed by atoms with E-state index in [4.69, 9.17) is 0 Å². The van der Waals surface area contributed by atoms with E-state index in [1.165, 1.54) is 6.20 Å². The molecule has 0 aromatic rings.